The third-order valence-corrected chi connectivity index (χ3v) is 5.75. The van der Waals surface area contributed by atoms with Gasteiger partial charge in [-0.05, 0) is 62.7 Å². The van der Waals surface area contributed by atoms with Gasteiger partial charge in [-0.1, -0.05) is 17.7 Å². The molecule has 0 saturated heterocycles. The molecule has 1 aliphatic heterocycles. The molecule has 2 aromatic carbocycles. The maximum atomic E-state index is 12.8. The SMILES string of the molecule is Cc1nn(-c2ccc(Cl)cc2)c(C)c1CC(=O)NC(C)c1ccc2c(c1)OCCCO2. The fourth-order valence-corrected chi connectivity index (χ4v) is 3.88. The fourth-order valence-electron chi connectivity index (χ4n) is 3.75. The van der Waals surface area contributed by atoms with Crippen molar-refractivity contribution in [2.24, 2.45) is 0 Å². The minimum atomic E-state index is -0.156. The van der Waals surface area contributed by atoms with Crippen molar-refractivity contribution in [3.63, 3.8) is 0 Å². The molecular formula is C24H26ClN3O3. The zero-order chi connectivity index (χ0) is 22.0. The smallest absolute Gasteiger partial charge is 0.225 e. The summed E-state index contributed by atoms with van der Waals surface area (Å²) in [7, 11) is 0. The van der Waals surface area contributed by atoms with E-state index in [0.717, 1.165) is 46.1 Å². The van der Waals surface area contributed by atoms with Gasteiger partial charge in [-0.2, -0.15) is 5.10 Å². The number of halogens is 1. The molecule has 31 heavy (non-hydrogen) atoms. The van der Waals surface area contributed by atoms with Gasteiger partial charge in [0.1, 0.15) is 0 Å². The van der Waals surface area contributed by atoms with Gasteiger partial charge in [0.25, 0.3) is 0 Å². The highest BCUT2D eigenvalue weighted by Gasteiger charge is 2.19. The third-order valence-electron chi connectivity index (χ3n) is 5.50. The lowest BCUT2D eigenvalue weighted by atomic mass is 10.1. The highest BCUT2D eigenvalue weighted by molar-refractivity contribution is 6.30. The predicted molar refractivity (Wildman–Crippen MR) is 120 cm³/mol. The Labute approximate surface area is 187 Å². The molecule has 162 valence electrons. The number of hydrogen-bond acceptors (Lipinski definition) is 4. The molecule has 1 unspecified atom stereocenters. The van der Waals surface area contributed by atoms with Gasteiger partial charge in [0, 0.05) is 22.7 Å². The number of aromatic nitrogens is 2. The Kier molecular flexibility index (Phi) is 6.18. The van der Waals surface area contributed by atoms with E-state index in [0.29, 0.717) is 18.2 Å². The molecule has 0 bridgehead atoms. The third kappa shape index (κ3) is 4.69. The lowest BCUT2D eigenvalue weighted by Gasteiger charge is -2.16. The number of benzene rings is 2. The topological polar surface area (TPSA) is 65.4 Å². The summed E-state index contributed by atoms with van der Waals surface area (Å²) >= 11 is 5.99. The normalized spacial score (nSPS) is 14.1. The summed E-state index contributed by atoms with van der Waals surface area (Å²) in [5.74, 6) is 1.43. The second kappa shape index (κ2) is 9.02. The highest BCUT2D eigenvalue weighted by Crippen LogP contribution is 2.32. The van der Waals surface area contributed by atoms with Crippen molar-refractivity contribution in [2.45, 2.75) is 39.7 Å². The molecule has 1 amide bonds. The fraction of sp³-hybridized carbons (Fsp3) is 0.333. The lowest BCUT2D eigenvalue weighted by molar-refractivity contribution is -0.121. The second-order valence-electron chi connectivity index (χ2n) is 7.76. The first-order chi connectivity index (χ1) is 14.9. The van der Waals surface area contributed by atoms with Gasteiger partial charge >= 0.3 is 0 Å². The van der Waals surface area contributed by atoms with E-state index in [2.05, 4.69) is 10.4 Å². The Morgan fingerprint density at radius 1 is 1.13 bits per heavy atom. The van der Waals surface area contributed by atoms with Crippen LogP contribution in [0.1, 0.15) is 41.9 Å². The number of hydrogen-bond donors (Lipinski definition) is 1. The molecule has 0 spiro atoms. The van der Waals surface area contributed by atoms with Crippen molar-refractivity contribution in [3.05, 3.63) is 70.0 Å². The van der Waals surface area contributed by atoms with E-state index in [4.69, 9.17) is 21.1 Å². The highest BCUT2D eigenvalue weighted by atomic mass is 35.5. The molecule has 0 aliphatic carbocycles. The van der Waals surface area contributed by atoms with Crippen LogP contribution < -0.4 is 14.8 Å². The van der Waals surface area contributed by atoms with E-state index in [1.54, 1.807) is 0 Å². The van der Waals surface area contributed by atoms with E-state index in [-0.39, 0.29) is 18.4 Å². The van der Waals surface area contributed by atoms with Gasteiger partial charge in [0.05, 0.1) is 37.1 Å². The number of fused-ring (bicyclic) bond motifs is 1. The molecular weight excluding hydrogens is 414 g/mol. The Hall–Kier alpha value is -2.99. The summed E-state index contributed by atoms with van der Waals surface area (Å²) < 4.78 is 13.3. The second-order valence-corrected chi connectivity index (χ2v) is 8.20. The monoisotopic (exact) mass is 439 g/mol. The quantitative estimate of drug-likeness (QED) is 0.624. The van der Waals surface area contributed by atoms with Gasteiger partial charge in [-0.15, -0.1) is 0 Å². The zero-order valence-corrected chi connectivity index (χ0v) is 18.7. The van der Waals surface area contributed by atoms with E-state index in [9.17, 15) is 4.79 Å². The lowest BCUT2D eigenvalue weighted by Crippen LogP contribution is -2.28. The van der Waals surface area contributed by atoms with Crippen molar-refractivity contribution < 1.29 is 14.3 Å². The molecule has 3 aromatic rings. The molecule has 1 aliphatic rings. The van der Waals surface area contributed by atoms with Crippen LogP contribution in [0, 0.1) is 13.8 Å². The first kappa shape index (κ1) is 21.2. The van der Waals surface area contributed by atoms with Crippen LogP contribution in [0.15, 0.2) is 42.5 Å². The number of rotatable bonds is 5. The number of ether oxygens (including phenoxy) is 2. The average Bonchev–Trinajstić information content (AvgIpc) is 2.92. The van der Waals surface area contributed by atoms with Crippen molar-refractivity contribution in [3.8, 4) is 17.2 Å². The van der Waals surface area contributed by atoms with Gasteiger partial charge < -0.3 is 14.8 Å². The van der Waals surface area contributed by atoms with Crippen LogP contribution in [0.4, 0.5) is 0 Å². The molecule has 1 atom stereocenters. The summed E-state index contributed by atoms with van der Waals surface area (Å²) in [5, 5.41) is 8.38. The Bertz CT molecular complexity index is 1090. The van der Waals surface area contributed by atoms with Crippen molar-refractivity contribution in [1.82, 2.24) is 15.1 Å². The van der Waals surface area contributed by atoms with E-state index in [1.807, 2.05) is 67.9 Å². The minimum Gasteiger partial charge on any atom is -0.490 e. The molecule has 1 aromatic heterocycles. The number of nitrogens with one attached hydrogen (secondary N) is 1. The van der Waals surface area contributed by atoms with Gasteiger partial charge in [0.2, 0.25) is 5.91 Å². The number of amides is 1. The van der Waals surface area contributed by atoms with Crippen molar-refractivity contribution in [2.75, 3.05) is 13.2 Å². The van der Waals surface area contributed by atoms with Crippen molar-refractivity contribution >= 4 is 17.5 Å². The van der Waals surface area contributed by atoms with Crippen LogP contribution in [0.3, 0.4) is 0 Å². The standard InChI is InChI=1S/C24H26ClN3O3/c1-15(18-5-10-22-23(13-18)31-12-4-11-30-22)26-24(29)14-21-16(2)27-28(17(21)3)20-8-6-19(25)7-9-20/h5-10,13,15H,4,11-12,14H2,1-3H3,(H,26,29). The zero-order valence-electron chi connectivity index (χ0n) is 17.9. The van der Waals surface area contributed by atoms with Crippen LogP contribution in [0.25, 0.3) is 5.69 Å². The van der Waals surface area contributed by atoms with Crippen LogP contribution >= 0.6 is 11.6 Å². The number of carbonyl (C=O) groups is 1. The van der Waals surface area contributed by atoms with Gasteiger partial charge in [0.15, 0.2) is 11.5 Å². The maximum absolute atomic E-state index is 12.8. The first-order valence-corrected chi connectivity index (χ1v) is 10.8. The van der Waals surface area contributed by atoms with Crippen LogP contribution in [0.2, 0.25) is 5.02 Å². The Morgan fingerprint density at radius 3 is 2.58 bits per heavy atom. The number of nitrogens with zero attached hydrogens (tertiary/aromatic N) is 2. The average molecular weight is 440 g/mol. The largest absolute Gasteiger partial charge is 0.490 e. The summed E-state index contributed by atoms with van der Waals surface area (Å²) in [6.45, 7) is 7.15. The number of aryl methyl sites for hydroxylation is 1. The first-order valence-electron chi connectivity index (χ1n) is 10.4. The summed E-state index contributed by atoms with van der Waals surface area (Å²) in [6.07, 6.45) is 1.12. The number of carbonyl (C=O) groups excluding carboxylic acids is 1. The molecule has 6 nitrogen and oxygen atoms in total. The van der Waals surface area contributed by atoms with E-state index < -0.39 is 0 Å². The molecule has 1 N–H and O–H groups in total. The minimum absolute atomic E-state index is 0.0542. The van der Waals surface area contributed by atoms with Gasteiger partial charge in [-0.25, -0.2) is 4.68 Å². The maximum Gasteiger partial charge on any atom is 0.225 e. The Balaban J connectivity index is 1.46. The van der Waals surface area contributed by atoms with Gasteiger partial charge in [-0.3, -0.25) is 4.79 Å². The van der Waals surface area contributed by atoms with Crippen LogP contribution in [0.5, 0.6) is 11.5 Å². The molecule has 0 saturated carbocycles. The summed E-state index contributed by atoms with van der Waals surface area (Å²) in [6, 6.07) is 13.1. The van der Waals surface area contributed by atoms with Crippen molar-refractivity contribution in [1.29, 1.82) is 0 Å². The molecule has 7 heteroatoms. The molecule has 2 heterocycles. The summed E-state index contributed by atoms with van der Waals surface area (Å²) in [4.78, 5) is 12.8. The molecule has 0 fully saturated rings. The van der Waals surface area contributed by atoms with E-state index >= 15 is 0 Å². The summed E-state index contributed by atoms with van der Waals surface area (Å²) in [5.41, 5.74) is 4.60. The molecule has 0 radical (unpaired) electrons. The Morgan fingerprint density at radius 2 is 1.84 bits per heavy atom. The van der Waals surface area contributed by atoms with E-state index in [1.165, 1.54) is 0 Å². The molecule has 4 rings (SSSR count). The van der Waals surface area contributed by atoms with Crippen LogP contribution in [-0.4, -0.2) is 28.9 Å². The van der Waals surface area contributed by atoms with Crippen LogP contribution in [-0.2, 0) is 11.2 Å². The predicted octanol–water partition coefficient (Wildman–Crippen LogP) is 4.72.